The first-order chi connectivity index (χ1) is 17.0. The van der Waals surface area contributed by atoms with E-state index < -0.39 is 11.7 Å². The summed E-state index contributed by atoms with van der Waals surface area (Å²) in [6.07, 6.45) is -0.381. The number of rotatable bonds is 6. The van der Waals surface area contributed by atoms with E-state index in [1.165, 1.54) is 17.5 Å². The highest BCUT2D eigenvalue weighted by atomic mass is 19.4. The van der Waals surface area contributed by atoms with Crippen molar-refractivity contribution in [2.45, 2.75) is 72.9 Å². The van der Waals surface area contributed by atoms with Crippen molar-refractivity contribution in [2.75, 3.05) is 23.7 Å². The smallest absolute Gasteiger partial charge is 0.344 e. The lowest BCUT2D eigenvalue weighted by atomic mass is 9.86. The van der Waals surface area contributed by atoms with Gasteiger partial charge in [0.1, 0.15) is 5.84 Å². The lowest BCUT2D eigenvalue weighted by Gasteiger charge is -2.25. The molecule has 6 nitrogen and oxygen atoms in total. The predicted molar refractivity (Wildman–Crippen MR) is 144 cm³/mol. The van der Waals surface area contributed by atoms with Gasteiger partial charge in [-0.25, -0.2) is 4.99 Å². The minimum absolute atomic E-state index is 0.256. The average molecular weight is 505 g/mol. The third-order valence-corrected chi connectivity index (χ3v) is 5.71. The van der Waals surface area contributed by atoms with E-state index in [-0.39, 0.29) is 11.5 Å². The number of aromatic nitrogens is 2. The van der Waals surface area contributed by atoms with Gasteiger partial charge in [-0.05, 0) is 82.3 Å². The van der Waals surface area contributed by atoms with Gasteiger partial charge in [0.2, 0.25) is 0 Å². The van der Waals surface area contributed by atoms with E-state index in [9.17, 15) is 13.2 Å². The lowest BCUT2D eigenvalue weighted by molar-refractivity contribution is -0.0893. The van der Waals surface area contributed by atoms with Crippen molar-refractivity contribution in [1.82, 2.24) is 15.5 Å². The molecule has 0 saturated carbocycles. The summed E-state index contributed by atoms with van der Waals surface area (Å²) in [5.41, 5.74) is 3.78. The summed E-state index contributed by atoms with van der Waals surface area (Å²) < 4.78 is 40.8. The fourth-order valence-corrected chi connectivity index (χ4v) is 3.96. The number of aliphatic imine (C=N–C) groups is 1. The summed E-state index contributed by atoms with van der Waals surface area (Å²) in [5, 5.41) is 15.7. The van der Waals surface area contributed by atoms with Crippen LogP contribution in [0.1, 0.15) is 68.3 Å². The minimum atomic E-state index is -4.62. The first kappa shape index (κ1) is 29.2. The molecule has 0 atom stereocenters. The molecule has 2 heterocycles. The molecule has 1 saturated heterocycles. The molecule has 3 rings (SSSR count). The van der Waals surface area contributed by atoms with Crippen LogP contribution in [0, 0.1) is 20.8 Å². The molecule has 198 valence electrons. The van der Waals surface area contributed by atoms with Gasteiger partial charge in [-0.2, -0.15) is 18.3 Å². The topological polar surface area (TPSA) is 77.1 Å². The fourth-order valence-electron chi connectivity index (χ4n) is 3.96. The highest BCUT2D eigenvalue weighted by Crippen LogP contribution is 2.32. The number of piperidine rings is 1. The Kier molecular flexibility index (Phi) is 10.8. The molecule has 0 unspecified atom stereocenters. The number of aromatic amines is 1. The summed E-state index contributed by atoms with van der Waals surface area (Å²) in [4.78, 5) is 4.02. The Bertz CT molecular complexity index is 1080. The highest BCUT2D eigenvalue weighted by Gasteiger charge is 2.36. The molecule has 1 aromatic carbocycles. The second-order valence-electron chi connectivity index (χ2n) is 9.17. The van der Waals surface area contributed by atoms with Crippen molar-refractivity contribution < 1.29 is 13.2 Å². The summed E-state index contributed by atoms with van der Waals surface area (Å²) in [7, 11) is 0. The van der Waals surface area contributed by atoms with Crippen molar-refractivity contribution in [2.24, 2.45) is 4.99 Å². The number of amidine groups is 1. The maximum absolute atomic E-state index is 13.6. The summed E-state index contributed by atoms with van der Waals surface area (Å²) >= 11 is 0. The van der Waals surface area contributed by atoms with Gasteiger partial charge >= 0.3 is 6.18 Å². The molecule has 0 amide bonds. The Morgan fingerprint density at radius 1 is 1.11 bits per heavy atom. The Hall–Kier alpha value is -3.07. The molecular weight excluding hydrogens is 465 g/mol. The molecule has 0 radical (unpaired) electrons. The van der Waals surface area contributed by atoms with Crippen LogP contribution >= 0.6 is 0 Å². The monoisotopic (exact) mass is 504 g/mol. The van der Waals surface area contributed by atoms with Crippen molar-refractivity contribution in [3.63, 3.8) is 0 Å². The van der Waals surface area contributed by atoms with Gasteiger partial charge in [0, 0.05) is 29.3 Å². The Labute approximate surface area is 212 Å². The molecule has 1 aliphatic rings. The maximum Gasteiger partial charge on any atom is 0.419 e. The van der Waals surface area contributed by atoms with Crippen LogP contribution in [0.15, 0.2) is 47.2 Å². The van der Waals surface area contributed by atoms with Gasteiger partial charge in [-0.3, -0.25) is 5.10 Å². The zero-order chi connectivity index (χ0) is 26.9. The van der Waals surface area contributed by atoms with Crippen LogP contribution < -0.4 is 16.0 Å². The van der Waals surface area contributed by atoms with Gasteiger partial charge in [-0.1, -0.05) is 32.9 Å². The highest BCUT2D eigenvalue weighted by molar-refractivity contribution is 5.94. The Balaban J connectivity index is 0.00000145. The van der Waals surface area contributed by atoms with Crippen molar-refractivity contribution in [3.05, 3.63) is 64.6 Å². The van der Waals surface area contributed by atoms with E-state index in [0.717, 1.165) is 49.1 Å². The average Bonchev–Trinajstić information content (AvgIpc) is 3.20. The quantitative estimate of drug-likeness (QED) is 0.192. The minimum Gasteiger partial charge on any atom is -0.344 e. The van der Waals surface area contributed by atoms with E-state index >= 15 is 0 Å². The Morgan fingerprint density at radius 2 is 1.75 bits per heavy atom. The summed E-state index contributed by atoms with van der Waals surface area (Å²) in [5.74, 6) is 1.13. The van der Waals surface area contributed by atoms with Gasteiger partial charge in [0.15, 0.2) is 5.82 Å². The third-order valence-electron chi connectivity index (χ3n) is 5.71. The van der Waals surface area contributed by atoms with Gasteiger partial charge in [0.25, 0.3) is 0 Å². The van der Waals surface area contributed by atoms with Crippen LogP contribution in [0.5, 0.6) is 0 Å². The second kappa shape index (κ2) is 13.3. The second-order valence-corrected chi connectivity index (χ2v) is 9.17. The largest absolute Gasteiger partial charge is 0.419 e. The molecule has 0 bridgehead atoms. The number of hydrogen-bond acceptors (Lipinski definition) is 4. The lowest BCUT2D eigenvalue weighted by Crippen LogP contribution is -2.27. The molecule has 1 aromatic heterocycles. The first-order valence-corrected chi connectivity index (χ1v) is 12.3. The molecule has 1 aliphatic heterocycles. The van der Waals surface area contributed by atoms with Crippen molar-refractivity contribution >= 4 is 17.3 Å². The number of anilines is 2. The molecule has 36 heavy (non-hydrogen) atoms. The molecule has 4 N–H and O–H groups in total. The van der Waals surface area contributed by atoms with Crippen molar-refractivity contribution in [1.29, 1.82) is 0 Å². The molecule has 1 fully saturated rings. The molecule has 0 aliphatic carbocycles. The molecule has 9 heteroatoms. The van der Waals surface area contributed by atoms with Crippen LogP contribution in [0.4, 0.5) is 24.7 Å². The Morgan fingerprint density at radius 3 is 2.31 bits per heavy atom. The van der Waals surface area contributed by atoms with Crippen LogP contribution in [-0.2, 0) is 0 Å². The van der Waals surface area contributed by atoms with E-state index in [1.54, 1.807) is 19.9 Å². The number of H-pyrrole nitrogens is 1. The van der Waals surface area contributed by atoms with Crippen LogP contribution in [0.25, 0.3) is 0 Å². The zero-order valence-electron chi connectivity index (χ0n) is 22.2. The number of aryl methyl sites for hydroxylation is 3. The van der Waals surface area contributed by atoms with Gasteiger partial charge in [-0.15, -0.1) is 0 Å². The number of allylic oxidation sites excluding steroid dienone is 1. The predicted octanol–water partition coefficient (Wildman–Crippen LogP) is 7.12. The third kappa shape index (κ3) is 8.55. The zero-order valence-corrected chi connectivity index (χ0v) is 22.2. The SMILES string of the molecule is C=C(Nc1cc(C)[nH]n1)/C(=C\N=C(C)Nc1cc(C)c(C2CCNCC2)cc1C)C(F)(F)F.CCC. The standard InChI is InChI=1S/C24H31F3N6.C3H8/c1-14-11-22(15(2)10-20(14)19-6-8-28-9-7-19)31-18(5)29-13-21(24(25,26)27)17(4)30-23-12-16(3)32-33-23;1-3-2/h10-13,19,28H,4,6-9H2,1-3,5H3,(H,29,31)(H2,30,32,33);3H2,1-2H3/b21-13+;. The molecular formula is C27H39F3N6. The molecule has 2 aromatic rings. The van der Waals surface area contributed by atoms with Crippen LogP contribution in [0.3, 0.4) is 0 Å². The maximum atomic E-state index is 13.6. The van der Waals surface area contributed by atoms with E-state index in [1.807, 2.05) is 13.0 Å². The summed E-state index contributed by atoms with van der Waals surface area (Å²) in [6.45, 7) is 17.3. The summed E-state index contributed by atoms with van der Waals surface area (Å²) in [6, 6.07) is 5.81. The normalized spacial score (nSPS) is 15.2. The number of alkyl halides is 3. The van der Waals surface area contributed by atoms with E-state index in [0.29, 0.717) is 11.8 Å². The fraction of sp³-hybridized carbons (Fsp3) is 0.481. The van der Waals surface area contributed by atoms with Crippen LogP contribution in [-0.4, -0.2) is 35.3 Å². The van der Waals surface area contributed by atoms with Gasteiger partial charge < -0.3 is 16.0 Å². The van der Waals surface area contributed by atoms with Crippen molar-refractivity contribution in [3.8, 4) is 0 Å². The molecule has 0 spiro atoms. The number of nitrogens with zero attached hydrogens (tertiary/aromatic N) is 2. The first-order valence-electron chi connectivity index (χ1n) is 12.3. The van der Waals surface area contributed by atoms with E-state index in [4.69, 9.17) is 0 Å². The van der Waals surface area contributed by atoms with E-state index in [2.05, 4.69) is 64.6 Å². The number of nitrogens with one attached hydrogen (secondary N) is 4. The number of benzene rings is 1. The van der Waals surface area contributed by atoms with Crippen LogP contribution in [0.2, 0.25) is 0 Å². The number of halogens is 3. The van der Waals surface area contributed by atoms with Gasteiger partial charge in [0.05, 0.1) is 5.57 Å². The number of hydrogen-bond donors (Lipinski definition) is 4.